The van der Waals surface area contributed by atoms with Gasteiger partial charge in [-0.05, 0) is 0 Å². The maximum atomic E-state index is 12.0. The summed E-state index contributed by atoms with van der Waals surface area (Å²) >= 11 is 0. The molecule has 0 unspecified atom stereocenters. The van der Waals surface area contributed by atoms with E-state index in [9.17, 15) is 9.59 Å². The van der Waals surface area contributed by atoms with Crippen molar-refractivity contribution in [2.75, 3.05) is 20.6 Å². The highest BCUT2D eigenvalue weighted by Gasteiger charge is 2.23. The Hall–Kier alpha value is -1.92. The van der Waals surface area contributed by atoms with Gasteiger partial charge in [0.15, 0.2) is 0 Å². The van der Waals surface area contributed by atoms with Crippen LogP contribution in [0.2, 0.25) is 0 Å². The molecule has 0 saturated heterocycles. The molecule has 19 heavy (non-hydrogen) atoms. The van der Waals surface area contributed by atoms with E-state index in [0.717, 1.165) is 0 Å². The smallest absolute Gasteiger partial charge is 0.293 e. The number of hydrogen-bond donors (Lipinski definition) is 2. The van der Waals surface area contributed by atoms with Gasteiger partial charge in [0.05, 0.1) is 0 Å². The maximum absolute atomic E-state index is 12.0. The zero-order valence-corrected chi connectivity index (χ0v) is 12.1. The molecule has 0 fully saturated rings. The fourth-order valence-corrected chi connectivity index (χ4v) is 1.36. The molecular formula is C12H21N5O2. The highest BCUT2D eigenvalue weighted by molar-refractivity contribution is 5.90. The Kier molecular flexibility index (Phi) is 4.63. The van der Waals surface area contributed by atoms with E-state index in [1.807, 2.05) is 20.8 Å². The summed E-state index contributed by atoms with van der Waals surface area (Å²) in [6.07, 6.45) is 0.259. The Morgan fingerprint density at radius 1 is 1.37 bits per heavy atom. The molecule has 1 rings (SSSR count). The van der Waals surface area contributed by atoms with Crippen LogP contribution < -0.4 is 5.32 Å². The first-order valence-corrected chi connectivity index (χ1v) is 6.14. The summed E-state index contributed by atoms with van der Waals surface area (Å²) in [7, 11) is 3.19. The Bertz CT molecular complexity index is 461. The molecule has 0 radical (unpaired) electrons. The molecule has 0 aliphatic carbocycles. The summed E-state index contributed by atoms with van der Waals surface area (Å²) in [4.78, 5) is 28.8. The second kappa shape index (κ2) is 5.81. The lowest BCUT2D eigenvalue weighted by Gasteiger charge is -2.15. The van der Waals surface area contributed by atoms with Crippen LogP contribution in [0, 0.1) is 0 Å². The lowest BCUT2D eigenvalue weighted by Crippen LogP contribution is -2.32. The van der Waals surface area contributed by atoms with E-state index in [1.165, 1.54) is 4.90 Å². The van der Waals surface area contributed by atoms with Crippen LogP contribution in [0.5, 0.6) is 0 Å². The van der Waals surface area contributed by atoms with Crippen molar-refractivity contribution in [3.63, 3.8) is 0 Å². The van der Waals surface area contributed by atoms with Crippen molar-refractivity contribution in [3.05, 3.63) is 11.6 Å². The highest BCUT2D eigenvalue weighted by Crippen LogP contribution is 2.17. The number of nitrogens with one attached hydrogen (secondary N) is 2. The molecule has 0 spiro atoms. The third kappa shape index (κ3) is 4.04. The van der Waals surface area contributed by atoms with Crippen molar-refractivity contribution in [1.82, 2.24) is 25.4 Å². The van der Waals surface area contributed by atoms with Gasteiger partial charge in [0.1, 0.15) is 5.82 Å². The first kappa shape index (κ1) is 15.1. The predicted molar refractivity (Wildman–Crippen MR) is 70.7 cm³/mol. The van der Waals surface area contributed by atoms with Gasteiger partial charge in [-0.2, -0.15) is 0 Å². The summed E-state index contributed by atoms with van der Waals surface area (Å²) < 4.78 is 0. The molecular weight excluding hydrogens is 246 g/mol. The second-order valence-corrected chi connectivity index (χ2v) is 5.41. The van der Waals surface area contributed by atoms with E-state index in [4.69, 9.17) is 0 Å². The number of H-pyrrole nitrogens is 1. The van der Waals surface area contributed by atoms with Gasteiger partial charge >= 0.3 is 0 Å². The van der Waals surface area contributed by atoms with Crippen LogP contribution in [0.15, 0.2) is 0 Å². The normalized spacial score (nSPS) is 11.2. The topological polar surface area (TPSA) is 91.0 Å². The number of amides is 2. The minimum atomic E-state index is -0.296. The number of aromatic amines is 1. The van der Waals surface area contributed by atoms with Crippen LogP contribution >= 0.6 is 0 Å². The number of aromatic nitrogens is 3. The number of rotatable bonds is 4. The van der Waals surface area contributed by atoms with E-state index in [1.54, 1.807) is 14.1 Å². The summed E-state index contributed by atoms with van der Waals surface area (Å²) in [6.45, 7) is 6.28. The zero-order valence-electron chi connectivity index (χ0n) is 12.1. The van der Waals surface area contributed by atoms with Crippen molar-refractivity contribution in [3.8, 4) is 0 Å². The molecule has 0 saturated carbocycles. The maximum Gasteiger partial charge on any atom is 0.293 e. The van der Waals surface area contributed by atoms with E-state index in [0.29, 0.717) is 12.4 Å². The molecule has 7 heteroatoms. The van der Waals surface area contributed by atoms with Gasteiger partial charge in [0, 0.05) is 32.5 Å². The summed E-state index contributed by atoms with van der Waals surface area (Å²) in [5.41, 5.74) is -0.188. The Balaban J connectivity index is 2.67. The molecule has 2 N–H and O–H groups in total. The van der Waals surface area contributed by atoms with Crippen LogP contribution in [0.3, 0.4) is 0 Å². The molecule has 0 aliphatic heterocycles. The van der Waals surface area contributed by atoms with Crippen LogP contribution in [0.25, 0.3) is 0 Å². The predicted octanol–water partition coefficient (Wildman–Crippen LogP) is 0.310. The van der Waals surface area contributed by atoms with Gasteiger partial charge in [-0.1, -0.05) is 20.8 Å². The fourth-order valence-electron chi connectivity index (χ4n) is 1.36. The first-order chi connectivity index (χ1) is 8.75. The third-order valence-electron chi connectivity index (χ3n) is 2.69. The second-order valence-electron chi connectivity index (χ2n) is 5.41. The molecule has 1 heterocycles. The SMILES string of the molecule is CNC(=O)CCN(C)C(=O)c1n[nH]c(C(C)(C)C)n1. The Morgan fingerprint density at radius 2 is 2.00 bits per heavy atom. The first-order valence-electron chi connectivity index (χ1n) is 6.14. The summed E-state index contributed by atoms with van der Waals surface area (Å²) in [5, 5.41) is 9.20. The molecule has 0 bridgehead atoms. The van der Waals surface area contributed by atoms with Gasteiger partial charge in [0.25, 0.3) is 5.91 Å². The third-order valence-corrected chi connectivity index (χ3v) is 2.69. The standard InChI is InChI=1S/C12H21N5O2/c1-12(2,3)11-14-9(15-16-11)10(19)17(5)7-6-8(18)13-4/h6-7H2,1-5H3,(H,13,18)(H,14,15,16). The average Bonchev–Trinajstić information content (AvgIpc) is 2.83. The molecule has 2 amide bonds. The summed E-state index contributed by atoms with van der Waals surface area (Å²) in [5.74, 6) is 0.389. The Morgan fingerprint density at radius 3 is 2.47 bits per heavy atom. The van der Waals surface area contributed by atoms with E-state index in [2.05, 4.69) is 20.5 Å². The van der Waals surface area contributed by atoms with Crippen LogP contribution in [-0.2, 0) is 10.2 Å². The van der Waals surface area contributed by atoms with Crippen molar-refractivity contribution < 1.29 is 9.59 Å². The van der Waals surface area contributed by atoms with Crippen LogP contribution in [-0.4, -0.2) is 52.5 Å². The van der Waals surface area contributed by atoms with Crippen molar-refractivity contribution >= 4 is 11.8 Å². The lowest BCUT2D eigenvalue weighted by atomic mass is 9.96. The quantitative estimate of drug-likeness (QED) is 0.821. The van der Waals surface area contributed by atoms with Gasteiger partial charge in [0.2, 0.25) is 11.7 Å². The van der Waals surface area contributed by atoms with E-state index < -0.39 is 0 Å². The number of carbonyl (C=O) groups excluding carboxylic acids is 2. The monoisotopic (exact) mass is 267 g/mol. The van der Waals surface area contributed by atoms with E-state index in [-0.39, 0.29) is 29.5 Å². The molecule has 106 valence electrons. The van der Waals surface area contributed by atoms with Gasteiger partial charge in [-0.3, -0.25) is 14.7 Å². The van der Waals surface area contributed by atoms with Gasteiger partial charge in [-0.15, -0.1) is 5.10 Å². The van der Waals surface area contributed by atoms with Crippen molar-refractivity contribution in [1.29, 1.82) is 0 Å². The zero-order chi connectivity index (χ0) is 14.6. The molecule has 0 atom stereocenters. The van der Waals surface area contributed by atoms with Gasteiger partial charge in [-0.25, -0.2) is 4.98 Å². The fraction of sp³-hybridized carbons (Fsp3) is 0.667. The van der Waals surface area contributed by atoms with Crippen LogP contribution in [0.4, 0.5) is 0 Å². The highest BCUT2D eigenvalue weighted by atomic mass is 16.2. The minimum absolute atomic E-state index is 0.106. The molecule has 1 aromatic rings. The molecule has 0 aliphatic rings. The summed E-state index contributed by atoms with van der Waals surface area (Å²) in [6, 6.07) is 0. The van der Waals surface area contributed by atoms with E-state index >= 15 is 0 Å². The minimum Gasteiger partial charge on any atom is -0.359 e. The number of carbonyl (C=O) groups is 2. The molecule has 0 aromatic carbocycles. The average molecular weight is 267 g/mol. The van der Waals surface area contributed by atoms with Gasteiger partial charge < -0.3 is 10.2 Å². The Labute approximate surface area is 112 Å². The number of nitrogens with zero attached hydrogens (tertiary/aromatic N) is 3. The molecule has 7 nitrogen and oxygen atoms in total. The van der Waals surface area contributed by atoms with Crippen molar-refractivity contribution in [2.24, 2.45) is 0 Å². The van der Waals surface area contributed by atoms with Crippen LogP contribution in [0.1, 0.15) is 43.6 Å². The van der Waals surface area contributed by atoms with Crippen molar-refractivity contribution in [2.45, 2.75) is 32.6 Å². The lowest BCUT2D eigenvalue weighted by molar-refractivity contribution is -0.120. The largest absolute Gasteiger partial charge is 0.359 e. The molecule has 1 aromatic heterocycles. The number of hydrogen-bond acceptors (Lipinski definition) is 4.